The standard InChI is InChI=1S/C12H13NO/c1-7-3-4-9-8(2)12(14)6-11(13)10(9)5-7/h3-6,14H,13H2,1-2H3. The zero-order chi connectivity index (χ0) is 10.3. The lowest BCUT2D eigenvalue weighted by Crippen LogP contribution is -1.90. The number of aromatic hydroxyl groups is 1. The van der Waals surface area contributed by atoms with Crippen LogP contribution in [0.4, 0.5) is 5.69 Å². The van der Waals surface area contributed by atoms with Crippen LogP contribution in [0, 0.1) is 13.8 Å². The van der Waals surface area contributed by atoms with Gasteiger partial charge in [0.1, 0.15) is 5.75 Å². The van der Waals surface area contributed by atoms with Crippen LogP contribution in [0.2, 0.25) is 0 Å². The lowest BCUT2D eigenvalue weighted by atomic mass is 10.0. The van der Waals surface area contributed by atoms with Gasteiger partial charge in [-0.2, -0.15) is 0 Å². The highest BCUT2D eigenvalue weighted by molar-refractivity contribution is 5.97. The number of aryl methyl sites for hydroxylation is 2. The quantitative estimate of drug-likeness (QED) is 0.623. The highest BCUT2D eigenvalue weighted by Gasteiger charge is 2.05. The molecular weight excluding hydrogens is 174 g/mol. The van der Waals surface area contributed by atoms with Crippen molar-refractivity contribution in [2.75, 3.05) is 5.73 Å². The summed E-state index contributed by atoms with van der Waals surface area (Å²) in [5, 5.41) is 11.6. The van der Waals surface area contributed by atoms with Gasteiger partial charge in [-0.25, -0.2) is 0 Å². The summed E-state index contributed by atoms with van der Waals surface area (Å²) in [6, 6.07) is 7.67. The molecule has 0 aliphatic heterocycles. The van der Waals surface area contributed by atoms with E-state index in [2.05, 4.69) is 0 Å². The normalized spacial score (nSPS) is 10.7. The van der Waals surface area contributed by atoms with Crippen LogP contribution in [0.25, 0.3) is 10.8 Å². The van der Waals surface area contributed by atoms with Crippen molar-refractivity contribution in [2.24, 2.45) is 0 Å². The molecule has 2 aromatic carbocycles. The number of fused-ring (bicyclic) bond motifs is 1. The number of hydrogen-bond acceptors (Lipinski definition) is 2. The van der Waals surface area contributed by atoms with E-state index in [1.807, 2.05) is 32.0 Å². The monoisotopic (exact) mass is 187 g/mol. The maximum absolute atomic E-state index is 9.59. The molecule has 14 heavy (non-hydrogen) atoms. The fourth-order valence-corrected chi connectivity index (χ4v) is 1.70. The molecule has 0 unspecified atom stereocenters. The molecule has 2 rings (SSSR count). The number of nitrogen functional groups attached to an aromatic ring is 1. The third-order valence-electron chi connectivity index (χ3n) is 2.57. The Morgan fingerprint density at radius 1 is 1.07 bits per heavy atom. The predicted octanol–water partition coefficient (Wildman–Crippen LogP) is 2.74. The molecule has 0 aliphatic rings. The average molecular weight is 187 g/mol. The van der Waals surface area contributed by atoms with Crippen molar-refractivity contribution < 1.29 is 5.11 Å². The minimum Gasteiger partial charge on any atom is -0.508 e. The molecule has 0 aromatic heterocycles. The van der Waals surface area contributed by atoms with Crippen molar-refractivity contribution in [3.8, 4) is 5.75 Å². The summed E-state index contributed by atoms with van der Waals surface area (Å²) in [5.74, 6) is 0.263. The molecule has 2 aromatic rings. The van der Waals surface area contributed by atoms with Crippen LogP contribution in [0.5, 0.6) is 5.75 Å². The minimum absolute atomic E-state index is 0.263. The summed E-state index contributed by atoms with van der Waals surface area (Å²) in [4.78, 5) is 0. The highest BCUT2D eigenvalue weighted by atomic mass is 16.3. The first-order chi connectivity index (χ1) is 6.59. The molecule has 0 heterocycles. The molecule has 0 bridgehead atoms. The first-order valence-corrected chi connectivity index (χ1v) is 4.58. The number of benzene rings is 2. The highest BCUT2D eigenvalue weighted by Crippen LogP contribution is 2.31. The molecule has 0 saturated carbocycles. The lowest BCUT2D eigenvalue weighted by Gasteiger charge is -2.08. The number of phenolic OH excluding ortho intramolecular Hbond substituents is 1. The van der Waals surface area contributed by atoms with Crippen molar-refractivity contribution in [1.82, 2.24) is 0 Å². The van der Waals surface area contributed by atoms with Crippen molar-refractivity contribution in [3.63, 3.8) is 0 Å². The Morgan fingerprint density at radius 2 is 1.79 bits per heavy atom. The summed E-state index contributed by atoms with van der Waals surface area (Å²) in [5.41, 5.74) is 8.52. The summed E-state index contributed by atoms with van der Waals surface area (Å²) in [7, 11) is 0. The average Bonchev–Trinajstić information content (AvgIpc) is 2.14. The van der Waals surface area contributed by atoms with E-state index in [9.17, 15) is 5.11 Å². The van der Waals surface area contributed by atoms with Crippen molar-refractivity contribution in [2.45, 2.75) is 13.8 Å². The van der Waals surface area contributed by atoms with E-state index in [1.165, 1.54) is 5.56 Å². The van der Waals surface area contributed by atoms with Gasteiger partial charge in [-0.05, 0) is 30.9 Å². The second-order valence-corrected chi connectivity index (χ2v) is 3.66. The van der Waals surface area contributed by atoms with Crippen LogP contribution in [-0.2, 0) is 0 Å². The van der Waals surface area contributed by atoms with E-state index in [-0.39, 0.29) is 5.75 Å². The van der Waals surface area contributed by atoms with Crippen molar-refractivity contribution in [3.05, 3.63) is 35.4 Å². The Labute approximate surface area is 83.0 Å². The van der Waals surface area contributed by atoms with E-state index >= 15 is 0 Å². The molecule has 72 valence electrons. The van der Waals surface area contributed by atoms with E-state index in [0.29, 0.717) is 5.69 Å². The molecule has 0 amide bonds. The summed E-state index contributed by atoms with van der Waals surface area (Å²) >= 11 is 0. The van der Waals surface area contributed by atoms with Crippen LogP contribution >= 0.6 is 0 Å². The smallest absolute Gasteiger partial charge is 0.121 e. The largest absolute Gasteiger partial charge is 0.508 e. The molecule has 2 heteroatoms. The van der Waals surface area contributed by atoms with Crippen LogP contribution in [0.15, 0.2) is 24.3 Å². The van der Waals surface area contributed by atoms with Crippen LogP contribution < -0.4 is 5.73 Å². The minimum atomic E-state index is 0.263. The molecule has 0 fully saturated rings. The van der Waals surface area contributed by atoms with Gasteiger partial charge in [-0.1, -0.05) is 17.7 Å². The number of rotatable bonds is 0. The van der Waals surface area contributed by atoms with Gasteiger partial charge < -0.3 is 10.8 Å². The lowest BCUT2D eigenvalue weighted by molar-refractivity contribution is 0.472. The Hall–Kier alpha value is -1.70. The molecule has 0 radical (unpaired) electrons. The zero-order valence-electron chi connectivity index (χ0n) is 8.33. The van der Waals surface area contributed by atoms with E-state index in [0.717, 1.165) is 16.3 Å². The second kappa shape index (κ2) is 2.91. The number of phenols is 1. The molecule has 0 saturated heterocycles. The van der Waals surface area contributed by atoms with E-state index in [4.69, 9.17) is 5.73 Å². The Morgan fingerprint density at radius 3 is 2.50 bits per heavy atom. The van der Waals surface area contributed by atoms with Gasteiger partial charge in [0.05, 0.1) is 0 Å². The first kappa shape index (κ1) is 8.88. The molecule has 2 nitrogen and oxygen atoms in total. The molecule has 3 N–H and O–H groups in total. The van der Waals surface area contributed by atoms with Gasteiger partial charge in [0.25, 0.3) is 0 Å². The Kier molecular flexibility index (Phi) is 1.84. The fraction of sp³-hybridized carbons (Fsp3) is 0.167. The Balaban J connectivity index is 2.94. The van der Waals surface area contributed by atoms with Gasteiger partial charge in [0.15, 0.2) is 0 Å². The van der Waals surface area contributed by atoms with Crippen LogP contribution in [0.1, 0.15) is 11.1 Å². The molecule has 0 spiro atoms. The van der Waals surface area contributed by atoms with E-state index < -0.39 is 0 Å². The van der Waals surface area contributed by atoms with Crippen molar-refractivity contribution in [1.29, 1.82) is 0 Å². The van der Waals surface area contributed by atoms with Gasteiger partial charge in [0.2, 0.25) is 0 Å². The van der Waals surface area contributed by atoms with Crippen LogP contribution in [-0.4, -0.2) is 5.11 Å². The third-order valence-corrected chi connectivity index (χ3v) is 2.57. The topological polar surface area (TPSA) is 46.2 Å². The zero-order valence-corrected chi connectivity index (χ0v) is 8.33. The van der Waals surface area contributed by atoms with Crippen LogP contribution in [0.3, 0.4) is 0 Å². The maximum atomic E-state index is 9.59. The summed E-state index contributed by atoms with van der Waals surface area (Å²) in [6.45, 7) is 3.92. The number of nitrogens with two attached hydrogens (primary N) is 1. The second-order valence-electron chi connectivity index (χ2n) is 3.66. The van der Waals surface area contributed by atoms with Gasteiger partial charge in [-0.3, -0.25) is 0 Å². The van der Waals surface area contributed by atoms with E-state index in [1.54, 1.807) is 6.07 Å². The SMILES string of the molecule is Cc1ccc2c(C)c(O)cc(N)c2c1. The fourth-order valence-electron chi connectivity index (χ4n) is 1.70. The first-order valence-electron chi connectivity index (χ1n) is 4.58. The predicted molar refractivity (Wildman–Crippen MR) is 59.5 cm³/mol. The third kappa shape index (κ3) is 1.20. The van der Waals surface area contributed by atoms with Crippen molar-refractivity contribution >= 4 is 16.5 Å². The summed E-state index contributed by atoms with van der Waals surface area (Å²) in [6.07, 6.45) is 0. The van der Waals surface area contributed by atoms with Gasteiger partial charge >= 0.3 is 0 Å². The van der Waals surface area contributed by atoms with Gasteiger partial charge in [-0.15, -0.1) is 0 Å². The molecule has 0 atom stereocenters. The molecular formula is C12H13NO. The molecule has 0 aliphatic carbocycles. The number of anilines is 1. The van der Waals surface area contributed by atoms with Gasteiger partial charge in [0, 0.05) is 17.1 Å². The summed E-state index contributed by atoms with van der Waals surface area (Å²) < 4.78 is 0. The Bertz CT molecular complexity index is 503. The maximum Gasteiger partial charge on any atom is 0.121 e. The number of hydrogen-bond donors (Lipinski definition) is 2.